The van der Waals surface area contributed by atoms with Gasteiger partial charge in [-0.25, -0.2) is 4.98 Å². The van der Waals surface area contributed by atoms with E-state index >= 15 is 0 Å². The summed E-state index contributed by atoms with van der Waals surface area (Å²) in [4.78, 5) is 36.2. The first-order chi connectivity index (χ1) is 12.5. The molecular weight excluding hydrogens is 328 g/mol. The van der Waals surface area contributed by atoms with Crippen molar-refractivity contribution in [3.05, 3.63) is 40.4 Å². The first-order valence-electron chi connectivity index (χ1n) is 9.51. The molecule has 6 heteroatoms. The summed E-state index contributed by atoms with van der Waals surface area (Å²) < 4.78 is 0. The van der Waals surface area contributed by atoms with Gasteiger partial charge in [-0.3, -0.25) is 14.5 Å². The smallest absolute Gasteiger partial charge is 0.258 e. The molecule has 1 saturated heterocycles. The number of nitrogens with one attached hydrogen (secondary N) is 1. The number of hydrogen-bond donors (Lipinski definition) is 1. The molecule has 2 aromatic rings. The van der Waals surface area contributed by atoms with Crippen molar-refractivity contribution in [1.82, 2.24) is 19.8 Å². The molecule has 3 rings (SSSR count). The molecule has 1 N–H and O–H groups in total. The van der Waals surface area contributed by atoms with Crippen LogP contribution in [0.4, 0.5) is 0 Å². The molecule has 1 fully saturated rings. The zero-order chi connectivity index (χ0) is 18.5. The predicted molar refractivity (Wildman–Crippen MR) is 103 cm³/mol. The summed E-state index contributed by atoms with van der Waals surface area (Å²) in [5.74, 6) is 1.44. The summed E-state index contributed by atoms with van der Waals surface area (Å²) in [6.45, 7) is 9.07. The van der Waals surface area contributed by atoms with E-state index in [2.05, 4.69) is 28.7 Å². The third-order valence-corrected chi connectivity index (χ3v) is 4.99. The molecule has 0 radical (unpaired) electrons. The first kappa shape index (κ1) is 18.6. The van der Waals surface area contributed by atoms with E-state index in [-0.39, 0.29) is 11.5 Å². The fourth-order valence-corrected chi connectivity index (χ4v) is 3.30. The van der Waals surface area contributed by atoms with E-state index in [0.29, 0.717) is 35.5 Å². The standard InChI is InChI=1S/C20H28N4O2/c1-15(2)9-10-23-11-13-24(14-12-23)19(25)8-7-18-21-17-6-4-3-5-16(17)20(26)22-18/h3-6,15H,7-14H2,1-2H3,(H,21,22,26). The number of fused-ring (bicyclic) bond motifs is 1. The molecule has 0 atom stereocenters. The molecule has 1 aromatic carbocycles. The fourth-order valence-electron chi connectivity index (χ4n) is 3.30. The number of rotatable bonds is 6. The summed E-state index contributed by atoms with van der Waals surface area (Å²) in [5.41, 5.74) is 0.536. The molecule has 1 aromatic heterocycles. The zero-order valence-corrected chi connectivity index (χ0v) is 15.7. The molecule has 0 unspecified atom stereocenters. The second-order valence-corrected chi connectivity index (χ2v) is 7.43. The highest BCUT2D eigenvalue weighted by Crippen LogP contribution is 2.10. The van der Waals surface area contributed by atoms with Gasteiger partial charge in [-0.1, -0.05) is 26.0 Å². The Morgan fingerprint density at radius 1 is 1.19 bits per heavy atom. The second kappa shape index (κ2) is 8.45. The van der Waals surface area contributed by atoms with Crippen molar-refractivity contribution in [3.63, 3.8) is 0 Å². The first-order valence-corrected chi connectivity index (χ1v) is 9.51. The summed E-state index contributed by atoms with van der Waals surface area (Å²) in [6.07, 6.45) is 2.05. The van der Waals surface area contributed by atoms with Crippen LogP contribution in [0.15, 0.2) is 29.1 Å². The normalized spacial score (nSPS) is 15.7. The maximum absolute atomic E-state index is 12.5. The lowest BCUT2D eigenvalue weighted by molar-refractivity contribution is -0.132. The number of aromatic amines is 1. The number of H-pyrrole nitrogens is 1. The second-order valence-electron chi connectivity index (χ2n) is 7.43. The Morgan fingerprint density at radius 2 is 1.92 bits per heavy atom. The van der Waals surface area contributed by atoms with Gasteiger partial charge in [-0.2, -0.15) is 0 Å². The van der Waals surface area contributed by atoms with Crippen LogP contribution in [0.2, 0.25) is 0 Å². The number of para-hydroxylation sites is 1. The lowest BCUT2D eigenvalue weighted by atomic mass is 10.1. The molecule has 0 aliphatic carbocycles. The van der Waals surface area contributed by atoms with Crippen molar-refractivity contribution < 1.29 is 4.79 Å². The molecule has 26 heavy (non-hydrogen) atoms. The van der Waals surface area contributed by atoms with Gasteiger partial charge in [0.15, 0.2) is 0 Å². The largest absolute Gasteiger partial charge is 0.340 e. The average molecular weight is 356 g/mol. The Morgan fingerprint density at radius 3 is 2.65 bits per heavy atom. The lowest BCUT2D eigenvalue weighted by Gasteiger charge is -2.35. The Kier molecular flexibility index (Phi) is 6.04. The third kappa shape index (κ3) is 4.69. The fraction of sp³-hybridized carbons (Fsp3) is 0.550. The Balaban J connectivity index is 1.51. The minimum Gasteiger partial charge on any atom is -0.340 e. The van der Waals surface area contributed by atoms with E-state index in [9.17, 15) is 9.59 Å². The Bertz CT molecular complexity index is 807. The van der Waals surface area contributed by atoms with Gasteiger partial charge in [0.05, 0.1) is 10.9 Å². The van der Waals surface area contributed by atoms with Gasteiger partial charge in [-0.15, -0.1) is 0 Å². The molecule has 0 saturated carbocycles. The summed E-state index contributed by atoms with van der Waals surface area (Å²) >= 11 is 0. The van der Waals surface area contributed by atoms with Gasteiger partial charge < -0.3 is 9.88 Å². The van der Waals surface area contributed by atoms with E-state index in [4.69, 9.17) is 0 Å². The molecule has 0 spiro atoms. The zero-order valence-electron chi connectivity index (χ0n) is 15.7. The average Bonchev–Trinajstić information content (AvgIpc) is 2.65. The van der Waals surface area contributed by atoms with Crippen molar-refractivity contribution >= 4 is 16.8 Å². The van der Waals surface area contributed by atoms with Gasteiger partial charge in [-0.05, 0) is 31.0 Å². The Hall–Kier alpha value is -2.21. The molecule has 140 valence electrons. The number of carbonyl (C=O) groups excluding carboxylic acids is 1. The molecule has 0 bridgehead atoms. The van der Waals surface area contributed by atoms with Crippen LogP contribution in [0, 0.1) is 5.92 Å². The van der Waals surface area contributed by atoms with Crippen molar-refractivity contribution in [3.8, 4) is 0 Å². The summed E-state index contributed by atoms with van der Waals surface area (Å²) in [7, 11) is 0. The van der Waals surface area contributed by atoms with E-state index in [1.807, 2.05) is 23.1 Å². The van der Waals surface area contributed by atoms with E-state index < -0.39 is 0 Å². The Labute approximate surface area is 154 Å². The summed E-state index contributed by atoms with van der Waals surface area (Å²) in [5, 5.41) is 0.583. The van der Waals surface area contributed by atoms with Gasteiger partial charge in [0.25, 0.3) is 5.56 Å². The van der Waals surface area contributed by atoms with E-state index in [0.717, 1.165) is 32.7 Å². The number of amides is 1. The number of piperazine rings is 1. The quantitative estimate of drug-likeness (QED) is 0.860. The van der Waals surface area contributed by atoms with Gasteiger partial charge in [0.1, 0.15) is 5.82 Å². The molecule has 2 heterocycles. The van der Waals surface area contributed by atoms with Crippen LogP contribution < -0.4 is 5.56 Å². The highest BCUT2D eigenvalue weighted by atomic mass is 16.2. The lowest BCUT2D eigenvalue weighted by Crippen LogP contribution is -2.49. The van der Waals surface area contributed by atoms with Crippen LogP contribution >= 0.6 is 0 Å². The van der Waals surface area contributed by atoms with E-state index in [1.54, 1.807) is 6.07 Å². The topological polar surface area (TPSA) is 69.3 Å². The van der Waals surface area contributed by atoms with Crippen molar-refractivity contribution in [2.45, 2.75) is 33.1 Å². The SMILES string of the molecule is CC(C)CCN1CCN(C(=O)CCc2nc3ccccc3c(=O)[nH]2)CC1. The van der Waals surface area contributed by atoms with Crippen LogP contribution in [0.1, 0.15) is 32.5 Å². The highest BCUT2D eigenvalue weighted by molar-refractivity contribution is 5.78. The number of aryl methyl sites for hydroxylation is 1. The van der Waals surface area contributed by atoms with Crippen LogP contribution in [-0.2, 0) is 11.2 Å². The third-order valence-electron chi connectivity index (χ3n) is 4.99. The maximum Gasteiger partial charge on any atom is 0.258 e. The number of aromatic nitrogens is 2. The molecule has 6 nitrogen and oxygen atoms in total. The molecular formula is C20H28N4O2. The molecule has 1 aliphatic heterocycles. The van der Waals surface area contributed by atoms with Crippen LogP contribution in [0.25, 0.3) is 10.9 Å². The highest BCUT2D eigenvalue weighted by Gasteiger charge is 2.21. The van der Waals surface area contributed by atoms with Crippen LogP contribution in [0.3, 0.4) is 0 Å². The van der Waals surface area contributed by atoms with Crippen LogP contribution in [-0.4, -0.2) is 58.4 Å². The molecule has 1 aliphatic rings. The van der Waals surface area contributed by atoms with Crippen molar-refractivity contribution in [1.29, 1.82) is 0 Å². The monoisotopic (exact) mass is 356 g/mol. The van der Waals surface area contributed by atoms with E-state index in [1.165, 1.54) is 6.42 Å². The number of benzene rings is 1. The number of carbonyl (C=O) groups is 1. The maximum atomic E-state index is 12.5. The van der Waals surface area contributed by atoms with Crippen molar-refractivity contribution in [2.24, 2.45) is 5.92 Å². The molecule has 1 amide bonds. The van der Waals surface area contributed by atoms with Gasteiger partial charge >= 0.3 is 0 Å². The van der Waals surface area contributed by atoms with Gasteiger partial charge in [0.2, 0.25) is 5.91 Å². The van der Waals surface area contributed by atoms with Crippen LogP contribution in [0.5, 0.6) is 0 Å². The van der Waals surface area contributed by atoms with Gasteiger partial charge in [0, 0.05) is 39.0 Å². The number of hydrogen-bond acceptors (Lipinski definition) is 4. The minimum absolute atomic E-state index is 0.142. The number of nitrogens with zero attached hydrogens (tertiary/aromatic N) is 3. The van der Waals surface area contributed by atoms with Crippen molar-refractivity contribution in [2.75, 3.05) is 32.7 Å². The summed E-state index contributed by atoms with van der Waals surface area (Å²) in [6, 6.07) is 7.27. The predicted octanol–water partition coefficient (Wildman–Crippen LogP) is 2.05. The minimum atomic E-state index is -0.142.